The summed E-state index contributed by atoms with van der Waals surface area (Å²) in [5.74, 6) is -3.06. The summed E-state index contributed by atoms with van der Waals surface area (Å²) in [6, 6.07) is 0. The second kappa shape index (κ2) is 4.73. The molecule has 6 aliphatic rings. The lowest BCUT2D eigenvalue weighted by Gasteiger charge is -2.75. The first-order chi connectivity index (χ1) is 12.1. The zero-order valence-electron chi connectivity index (χ0n) is 15.4. The molecule has 6 rings (SSSR count). The van der Waals surface area contributed by atoms with Gasteiger partial charge in [-0.2, -0.15) is 0 Å². The molecule has 2 saturated heterocycles. The summed E-state index contributed by atoms with van der Waals surface area (Å²) in [6.45, 7) is 8.25. The third-order valence-electron chi connectivity index (χ3n) is 9.12. The largest absolute Gasteiger partial charge is 0.392 e. The minimum absolute atomic E-state index is 0.138. The van der Waals surface area contributed by atoms with Crippen LogP contribution in [0, 0.1) is 34.0 Å². The summed E-state index contributed by atoms with van der Waals surface area (Å²) in [4.78, 5) is 0. The number of hydrogen-bond donors (Lipinski definition) is 5. The summed E-state index contributed by atoms with van der Waals surface area (Å²) in [5, 5.41) is 56.5. The zero-order valence-corrected chi connectivity index (χ0v) is 15.4. The number of aliphatic hydroxyl groups is 5. The molecule has 26 heavy (non-hydrogen) atoms. The Morgan fingerprint density at radius 3 is 2.42 bits per heavy atom. The first-order valence-corrected chi connectivity index (χ1v) is 9.84. The number of aliphatic hydroxyl groups excluding tert-OH is 4. The number of rotatable bonds is 0. The molecule has 10 atom stereocenters. The Balaban J connectivity index is 1.80. The molecule has 0 aromatic carbocycles. The van der Waals surface area contributed by atoms with E-state index in [0.717, 1.165) is 6.42 Å². The fourth-order valence-electron chi connectivity index (χ4n) is 8.15. The molecule has 6 nitrogen and oxygen atoms in total. The van der Waals surface area contributed by atoms with E-state index < -0.39 is 41.0 Å². The monoisotopic (exact) mass is 366 g/mol. The van der Waals surface area contributed by atoms with Gasteiger partial charge < -0.3 is 30.3 Å². The van der Waals surface area contributed by atoms with E-state index >= 15 is 0 Å². The lowest BCUT2D eigenvalue weighted by molar-refractivity contribution is -0.476. The molecular formula is C20H30O6. The van der Waals surface area contributed by atoms with Crippen LogP contribution in [-0.4, -0.2) is 62.3 Å². The van der Waals surface area contributed by atoms with Gasteiger partial charge in [-0.3, -0.25) is 0 Å². The van der Waals surface area contributed by atoms with Crippen molar-refractivity contribution < 1.29 is 30.3 Å². The summed E-state index contributed by atoms with van der Waals surface area (Å²) in [6.07, 6.45) is -1.53. The van der Waals surface area contributed by atoms with E-state index in [1.807, 2.05) is 0 Å². The normalized spacial score (nSPS) is 62.7. The lowest BCUT2D eigenvalue weighted by atomic mass is 9.35. The molecule has 0 unspecified atom stereocenters. The topological polar surface area (TPSA) is 110 Å². The maximum Gasteiger partial charge on any atom is 0.203 e. The highest BCUT2D eigenvalue weighted by atomic mass is 16.6. The van der Waals surface area contributed by atoms with Gasteiger partial charge in [0.15, 0.2) is 0 Å². The van der Waals surface area contributed by atoms with Crippen LogP contribution < -0.4 is 0 Å². The predicted molar refractivity (Wildman–Crippen MR) is 91.7 cm³/mol. The quantitative estimate of drug-likeness (QED) is 0.391. The van der Waals surface area contributed by atoms with Crippen LogP contribution in [0.15, 0.2) is 12.2 Å². The standard InChI is InChI=1S/C20H30O6/c1-9-10-4-5-11-18-8-26-20(25,19(11,14(9)22)15(10)23)16(24)13(18)17(2,3)7-6-12(18)21/h10-16,21-25H,1,4-8H2,2-3H3/t10-,11-,12-,13+,14-,15+,16-,18+,19-,20+/m0/s1. The van der Waals surface area contributed by atoms with E-state index in [0.29, 0.717) is 24.8 Å². The number of hydrogen-bond acceptors (Lipinski definition) is 6. The molecule has 2 aliphatic heterocycles. The van der Waals surface area contributed by atoms with Crippen molar-refractivity contribution in [2.75, 3.05) is 6.61 Å². The Hall–Kier alpha value is -0.500. The van der Waals surface area contributed by atoms with Crippen molar-refractivity contribution in [2.24, 2.45) is 34.0 Å². The van der Waals surface area contributed by atoms with Crippen LogP contribution in [0.3, 0.4) is 0 Å². The Morgan fingerprint density at radius 2 is 1.73 bits per heavy atom. The highest BCUT2D eigenvalue weighted by molar-refractivity contribution is 5.37. The Morgan fingerprint density at radius 1 is 1.04 bits per heavy atom. The van der Waals surface area contributed by atoms with Crippen LogP contribution in [0.5, 0.6) is 0 Å². The van der Waals surface area contributed by atoms with Gasteiger partial charge in [-0.25, -0.2) is 0 Å². The molecule has 2 spiro atoms. The third kappa shape index (κ3) is 1.45. The molecule has 5 N–H and O–H groups in total. The van der Waals surface area contributed by atoms with Gasteiger partial charge in [0.1, 0.15) is 6.10 Å². The number of ether oxygens (including phenoxy) is 1. The van der Waals surface area contributed by atoms with Crippen LogP contribution in [0.1, 0.15) is 39.5 Å². The average Bonchev–Trinajstić information content (AvgIpc) is 2.69. The molecule has 0 amide bonds. The molecule has 4 saturated carbocycles. The van der Waals surface area contributed by atoms with Crippen LogP contribution in [0.25, 0.3) is 0 Å². The van der Waals surface area contributed by atoms with E-state index in [1.165, 1.54) is 0 Å². The van der Waals surface area contributed by atoms with Gasteiger partial charge in [-0.15, -0.1) is 0 Å². The molecule has 0 radical (unpaired) electrons. The maximum atomic E-state index is 11.7. The lowest BCUT2D eigenvalue weighted by Crippen LogP contribution is -2.86. The van der Waals surface area contributed by atoms with Crippen molar-refractivity contribution in [1.29, 1.82) is 0 Å². The Labute approximate surface area is 153 Å². The van der Waals surface area contributed by atoms with Crippen LogP contribution in [0.4, 0.5) is 0 Å². The summed E-state index contributed by atoms with van der Waals surface area (Å²) >= 11 is 0. The van der Waals surface area contributed by atoms with Crippen molar-refractivity contribution in [3.05, 3.63) is 12.2 Å². The Bertz CT molecular complexity index is 677. The van der Waals surface area contributed by atoms with Gasteiger partial charge in [0.05, 0.1) is 30.3 Å². The maximum absolute atomic E-state index is 11.7. The zero-order chi connectivity index (χ0) is 18.9. The van der Waals surface area contributed by atoms with Crippen molar-refractivity contribution >= 4 is 0 Å². The van der Waals surface area contributed by atoms with Crippen LogP contribution in [-0.2, 0) is 4.74 Å². The first kappa shape index (κ1) is 17.6. The van der Waals surface area contributed by atoms with E-state index in [2.05, 4.69) is 20.4 Å². The van der Waals surface area contributed by atoms with Crippen molar-refractivity contribution in [3.63, 3.8) is 0 Å². The predicted octanol–water partition coefficient (Wildman–Crippen LogP) is 0.167. The number of fused-ring (bicyclic) bond motifs is 2. The fourth-order valence-corrected chi connectivity index (χ4v) is 8.15. The van der Waals surface area contributed by atoms with E-state index in [1.54, 1.807) is 0 Å². The molecule has 2 heterocycles. The molecule has 6 heteroatoms. The minimum Gasteiger partial charge on any atom is -0.392 e. The van der Waals surface area contributed by atoms with Gasteiger partial charge in [-0.1, -0.05) is 20.4 Å². The van der Waals surface area contributed by atoms with Gasteiger partial charge in [-0.05, 0) is 42.6 Å². The average molecular weight is 366 g/mol. The fraction of sp³-hybridized carbons (Fsp3) is 0.900. The van der Waals surface area contributed by atoms with Gasteiger partial charge >= 0.3 is 0 Å². The Kier molecular flexibility index (Phi) is 3.20. The van der Waals surface area contributed by atoms with Crippen LogP contribution >= 0.6 is 0 Å². The third-order valence-corrected chi connectivity index (χ3v) is 9.12. The van der Waals surface area contributed by atoms with Crippen LogP contribution in [0.2, 0.25) is 0 Å². The van der Waals surface area contributed by atoms with E-state index in [4.69, 9.17) is 4.74 Å². The second-order valence-electron chi connectivity index (χ2n) is 10.2. The van der Waals surface area contributed by atoms with E-state index in [-0.39, 0.29) is 29.8 Å². The summed E-state index contributed by atoms with van der Waals surface area (Å²) in [5.41, 5.74) is -2.01. The molecule has 4 aliphatic carbocycles. The SMILES string of the molecule is C=C1[C@@H]2CC[C@H]3[C@@]45CO[C@](O)([C@@H](O)[C@@H]4C(C)(C)CC[C@@H]5O)[C@]3([C@@H]2O)[C@H]1O. The van der Waals surface area contributed by atoms with Crippen molar-refractivity contribution in [2.45, 2.75) is 69.7 Å². The van der Waals surface area contributed by atoms with Gasteiger partial charge in [0.2, 0.25) is 5.79 Å². The molecule has 4 bridgehead atoms. The smallest absolute Gasteiger partial charge is 0.203 e. The molecule has 0 aromatic rings. The highest BCUT2D eigenvalue weighted by Crippen LogP contribution is 2.77. The molecular weight excluding hydrogens is 336 g/mol. The second-order valence-corrected chi connectivity index (χ2v) is 10.2. The van der Waals surface area contributed by atoms with Gasteiger partial charge in [0.25, 0.3) is 0 Å². The summed E-state index contributed by atoms with van der Waals surface area (Å²) < 4.78 is 5.86. The molecule has 0 aromatic heterocycles. The molecule has 6 fully saturated rings. The van der Waals surface area contributed by atoms with Gasteiger partial charge in [0, 0.05) is 17.3 Å². The van der Waals surface area contributed by atoms with E-state index in [9.17, 15) is 25.5 Å². The minimum atomic E-state index is -2.05. The van der Waals surface area contributed by atoms with Crippen molar-refractivity contribution in [1.82, 2.24) is 0 Å². The molecule has 146 valence electrons. The summed E-state index contributed by atoms with van der Waals surface area (Å²) in [7, 11) is 0. The highest BCUT2D eigenvalue weighted by Gasteiger charge is 2.86. The van der Waals surface area contributed by atoms with Crippen molar-refractivity contribution in [3.8, 4) is 0 Å². The first-order valence-electron chi connectivity index (χ1n) is 9.84.